The Morgan fingerprint density at radius 3 is 2.96 bits per heavy atom. The van der Waals surface area contributed by atoms with Crippen molar-refractivity contribution in [1.29, 1.82) is 0 Å². The van der Waals surface area contributed by atoms with Crippen molar-refractivity contribution in [2.75, 3.05) is 0 Å². The van der Waals surface area contributed by atoms with Gasteiger partial charge in [0.05, 0.1) is 17.9 Å². The van der Waals surface area contributed by atoms with E-state index in [1.54, 1.807) is 41.9 Å². The van der Waals surface area contributed by atoms with Crippen LogP contribution < -0.4 is 5.32 Å². The summed E-state index contributed by atoms with van der Waals surface area (Å²) in [5.41, 5.74) is 3.14. The first-order chi connectivity index (χ1) is 13.2. The molecule has 1 amide bonds. The van der Waals surface area contributed by atoms with Crippen molar-refractivity contribution in [3.8, 4) is 16.3 Å². The summed E-state index contributed by atoms with van der Waals surface area (Å²) in [7, 11) is 0. The molecule has 134 valence electrons. The highest BCUT2D eigenvalue weighted by atomic mass is 32.1. The van der Waals surface area contributed by atoms with Gasteiger partial charge >= 0.3 is 0 Å². The van der Waals surface area contributed by atoms with Crippen molar-refractivity contribution in [3.63, 3.8) is 0 Å². The average Bonchev–Trinajstić information content (AvgIpc) is 3.37. The van der Waals surface area contributed by atoms with E-state index in [2.05, 4.69) is 30.8 Å². The number of aryl methyl sites for hydroxylation is 1. The molecule has 4 aromatic rings. The number of aromatic nitrogens is 6. The predicted octanol–water partition coefficient (Wildman–Crippen LogP) is 2.42. The largest absolute Gasteiger partial charge is 0.347 e. The fourth-order valence-corrected chi connectivity index (χ4v) is 3.53. The lowest BCUT2D eigenvalue weighted by Crippen LogP contribution is -2.22. The quantitative estimate of drug-likeness (QED) is 0.573. The van der Waals surface area contributed by atoms with Crippen LogP contribution in [0.15, 0.2) is 55.1 Å². The van der Waals surface area contributed by atoms with Gasteiger partial charge in [-0.25, -0.2) is 9.67 Å². The van der Waals surface area contributed by atoms with Crippen LogP contribution >= 0.6 is 11.3 Å². The van der Waals surface area contributed by atoms with E-state index >= 15 is 0 Å². The number of hydrogen-bond donors (Lipinski definition) is 1. The van der Waals surface area contributed by atoms with Crippen molar-refractivity contribution in [1.82, 2.24) is 35.5 Å². The highest BCUT2D eigenvalue weighted by Gasteiger charge is 2.12. The lowest BCUT2D eigenvalue weighted by atomic mass is 10.2. The van der Waals surface area contributed by atoms with Gasteiger partial charge in [0, 0.05) is 28.4 Å². The number of nitrogens with one attached hydrogen (secondary N) is 1. The summed E-state index contributed by atoms with van der Waals surface area (Å²) in [5.74, 6) is -0.166. The summed E-state index contributed by atoms with van der Waals surface area (Å²) >= 11 is 1.55. The number of carbonyl (C=O) groups is 1. The second kappa shape index (κ2) is 7.42. The van der Waals surface area contributed by atoms with E-state index in [-0.39, 0.29) is 5.91 Å². The van der Waals surface area contributed by atoms with Gasteiger partial charge in [-0.05, 0) is 47.7 Å². The Labute approximate surface area is 158 Å². The first kappa shape index (κ1) is 17.0. The fourth-order valence-electron chi connectivity index (χ4n) is 2.54. The Morgan fingerprint density at radius 1 is 1.26 bits per heavy atom. The maximum absolute atomic E-state index is 12.5. The molecule has 0 bridgehead atoms. The number of nitrogens with zero attached hydrogens (tertiary/aromatic N) is 6. The Morgan fingerprint density at radius 2 is 2.19 bits per heavy atom. The molecule has 8 nitrogen and oxygen atoms in total. The third-order valence-corrected chi connectivity index (χ3v) is 5.14. The molecule has 0 unspecified atom stereocenters. The maximum Gasteiger partial charge on any atom is 0.251 e. The van der Waals surface area contributed by atoms with Crippen molar-refractivity contribution in [2.24, 2.45) is 0 Å². The van der Waals surface area contributed by atoms with Crippen LogP contribution in [0.5, 0.6) is 0 Å². The van der Waals surface area contributed by atoms with Crippen LogP contribution in [0.1, 0.15) is 20.9 Å². The Bertz CT molecular complexity index is 1060. The predicted molar refractivity (Wildman–Crippen MR) is 100 cm³/mol. The van der Waals surface area contributed by atoms with Crippen molar-refractivity contribution in [3.05, 3.63) is 71.3 Å². The molecule has 0 atom stereocenters. The smallest absolute Gasteiger partial charge is 0.251 e. The molecule has 4 rings (SSSR count). The van der Waals surface area contributed by atoms with Gasteiger partial charge in [-0.2, -0.15) is 0 Å². The minimum absolute atomic E-state index is 0.166. The fraction of sp³-hybridized carbons (Fsp3) is 0.111. The van der Waals surface area contributed by atoms with Gasteiger partial charge in [-0.15, -0.1) is 16.4 Å². The number of amides is 1. The van der Waals surface area contributed by atoms with Crippen LogP contribution in [-0.4, -0.2) is 36.1 Å². The summed E-state index contributed by atoms with van der Waals surface area (Å²) in [6, 6.07) is 11.0. The molecule has 0 aliphatic carbocycles. The number of thiazole rings is 1. The van der Waals surface area contributed by atoms with Crippen LogP contribution in [0.25, 0.3) is 16.3 Å². The zero-order valence-corrected chi connectivity index (χ0v) is 15.2. The van der Waals surface area contributed by atoms with Gasteiger partial charge in [0.1, 0.15) is 11.3 Å². The number of rotatable bonds is 5. The van der Waals surface area contributed by atoms with E-state index in [1.807, 2.05) is 25.1 Å². The summed E-state index contributed by atoms with van der Waals surface area (Å²) < 4.78 is 1.50. The molecular weight excluding hydrogens is 362 g/mol. The molecule has 27 heavy (non-hydrogen) atoms. The van der Waals surface area contributed by atoms with E-state index in [0.29, 0.717) is 12.1 Å². The standard InChI is InChI=1S/C18H15N7OS/c1-12-16(27-18(22-12)14-5-3-7-19-9-14)10-20-17(26)13-4-2-6-15(8-13)25-11-21-23-24-25/h2-9,11H,10H2,1H3,(H,20,26). The number of hydrogen-bond acceptors (Lipinski definition) is 7. The normalized spacial score (nSPS) is 10.7. The van der Waals surface area contributed by atoms with Gasteiger partial charge < -0.3 is 5.32 Å². The van der Waals surface area contributed by atoms with Crippen LogP contribution in [0, 0.1) is 6.92 Å². The summed E-state index contributed by atoms with van der Waals surface area (Å²) in [5, 5.41) is 14.9. The maximum atomic E-state index is 12.5. The van der Waals surface area contributed by atoms with Crippen molar-refractivity contribution in [2.45, 2.75) is 13.5 Å². The van der Waals surface area contributed by atoms with Crippen LogP contribution in [0.3, 0.4) is 0 Å². The second-order valence-electron chi connectivity index (χ2n) is 5.76. The zero-order valence-electron chi connectivity index (χ0n) is 14.4. The number of benzene rings is 1. The molecule has 3 heterocycles. The monoisotopic (exact) mass is 377 g/mol. The van der Waals surface area contributed by atoms with Gasteiger partial charge in [0.15, 0.2) is 0 Å². The minimum Gasteiger partial charge on any atom is -0.347 e. The van der Waals surface area contributed by atoms with E-state index in [4.69, 9.17) is 0 Å². The second-order valence-corrected chi connectivity index (χ2v) is 6.84. The first-order valence-corrected chi connectivity index (χ1v) is 9.00. The van der Waals surface area contributed by atoms with Crippen molar-refractivity contribution >= 4 is 17.2 Å². The molecule has 0 spiro atoms. The molecule has 1 N–H and O–H groups in total. The average molecular weight is 377 g/mol. The molecule has 0 saturated heterocycles. The molecule has 0 fully saturated rings. The number of pyridine rings is 1. The van der Waals surface area contributed by atoms with Gasteiger partial charge in [-0.3, -0.25) is 9.78 Å². The molecule has 0 aliphatic rings. The van der Waals surface area contributed by atoms with Crippen molar-refractivity contribution < 1.29 is 4.79 Å². The molecule has 0 saturated carbocycles. The van der Waals surface area contributed by atoms with Gasteiger partial charge in [0.2, 0.25) is 0 Å². The third-order valence-electron chi connectivity index (χ3n) is 3.93. The van der Waals surface area contributed by atoms with E-state index in [0.717, 1.165) is 26.8 Å². The van der Waals surface area contributed by atoms with Crippen LogP contribution in [0.4, 0.5) is 0 Å². The molecular formula is C18H15N7OS. The number of carbonyl (C=O) groups excluding carboxylic acids is 1. The summed E-state index contributed by atoms with van der Waals surface area (Å²) in [6.07, 6.45) is 5.00. The lowest BCUT2D eigenvalue weighted by Gasteiger charge is -2.06. The van der Waals surface area contributed by atoms with Gasteiger partial charge in [0.25, 0.3) is 5.91 Å². The highest BCUT2D eigenvalue weighted by Crippen LogP contribution is 2.27. The highest BCUT2D eigenvalue weighted by molar-refractivity contribution is 7.15. The van der Waals surface area contributed by atoms with Crippen LogP contribution in [0.2, 0.25) is 0 Å². The lowest BCUT2D eigenvalue weighted by molar-refractivity contribution is 0.0951. The van der Waals surface area contributed by atoms with E-state index < -0.39 is 0 Å². The zero-order chi connectivity index (χ0) is 18.6. The van der Waals surface area contributed by atoms with Crippen LogP contribution in [-0.2, 0) is 6.54 Å². The van der Waals surface area contributed by atoms with E-state index in [9.17, 15) is 4.79 Å². The molecule has 9 heteroatoms. The topological polar surface area (TPSA) is 98.5 Å². The Balaban J connectivity index is 1.47. The summed E-state index contributed by atoms with van der Waals surface area (Å²) in [6.45, 7) is 2.36. The van der Waals surface area contributed by atoms with E-state index in [1.165, 1.54) is 11.0 Å². The SMILES string of the molecule is Cc1nc(-c2cccnc2)sc1CNC(=O)c1cccc(-n2cnnn2)c1. The number of tetrazole rings is 1. The molecule has 3 aromatic heterocycles. The Kier molecular flexibility index (Phi) is 4.67. The first-order valence-electron chi connectivity index (χ1n) is 8.19. The molecule has 0 radical (unpaired) electrons. The Hall–Kier alpha value is -3.46. The molecule has 0 aliphatic heterocycles. The van der Waals surface area contributed by atoms with Gasteiger partial charge in [-0.1, -0.05) is 6.07 Å². The summed E-state index contributed by atoms with van der Waals surface area (Å²) in [4.78, 5) is 22.2. The molecule has 1 aromatic carbocycles. The third kappa shape index (κ3) is 3.72. The minimum atomic E-state index is -0.166.